The Morgan fingerprint density at radius 1 is 0.381 bits per heavy atom. The monoisotopic (exact) mass is 616 g/mol. The third-order valence-corrected chi connectivity index (χ3v) is 10.4. The van der Waals surface area contributed by atoms with Crippen LogP contribution in [0.15, 0.2) is 94.3 Å². The van der Waals surface area contributed by atoms with E-state index in [4.69, 9.17) is 29.4 Å². The van der Waals surface area contributed by atoms with Crippen LogP contribution in [0, 0.1) is 0 Å². The van der Waals surface area contributed by atoms with E-state index in [1.165, 1.54) is 0 Å². The highest BCUT2D eigenvalue weighted by atomic mass is 32.1. The van der Waals surface area contributed by atoms with Gasteiger partial charge in [0.2, 0.25) is 0 Å². The van der Waals surface area contributed by atoms with Crippen LogP contribution in [0.4, 0.5) is 0 Å². The number of fused-ring (bicyclic) bond motifs is 4. The summed E-state index contributed by atoms with van der Waals surface area (Å²) in [5.74, 6) is 2.36. The third kappa shape index (κ3) is 3.95. The van der Waals surface area contributed by atoms with Crippen LogP contribution < -0.4 is 9.47 Å². The van der Waals surface area contributed by atoms with E-state index in [0.29, 0.717) is 23.0 Å². The van der Waals surface area contributed by atoms with Gasteiger partial charge in [0.1, 0.15) is 22.8 Å². The van der Waals surface area contributed by atoms with Crippen LogP contribution in [0.3, 0.4) is 0 Å². The molecule has 0 atom stereocenters. The quantitative estimate of drug-likeness (QED) is 0.196. The summed E-state index contributed by atoms with van der Waals surface area (Å²) in [7, 11) is 0. The number of hydrogen-bond acceptors (Lipinski definition) is 10. The van der Waals surface area contributed by atoms with Crippen LogP contribution >= 0.6 is 45.3 Å². The fourth-order valence-electron chi connectivity index (χ4n) is 5.03. The first-order valence-corrected chi connectivity index (χ1v) is 16.5. The van der Waals surface area contributed by atoms with Crippen molar-refractivity contribution in [3.05, 3.63) is 94.3 Å². The minimum absolute atomic E-state index is 0.589. The molecule has 0 spiro atoms. The summed E-state index contributed by atoms with van der Waals surface area (Å²) in [6.45, 7) is 0. The Bertz CT molecular complexity index is 1920. The van der Waals surface area contributed by atoms with Gasteiger partial charge in [-0.25, -0.2) is 19.9 Å². The van der Waals surface area contributed by atoms with E-state index in [1.54, 1.807) is 45.3 Å². The summed E-state index contributed by atoms with van der Waals surface area (Å²) >= 11 is 6.61. The van der Waals surface area contributed by atoms with Crippen molar-refractivity contribution in [1.82, 2.24) is 19.9 Å². The first-order valence-electron chi connectivity index (χ1n) is 13.0. The number of nitrogens with zero attached hydrogens (tertiary/aromatic N) is 4. The molecular weight excluding hydrogens is 601 g/mol. The summed E-state index contributed by atoms with van der Waals surface area (Å²) < 4.78 is 12.8. The molecule has 0 saturated carbocycles. The smallest absolute Gasteiger partial charge is 0.172 e. The van der Waals surface area contributed by atoms with Crippen LogP contribution in [-0.4, -0.2) is 19.9 Å². The van der Waals surface area contributed by atoms with Crippen LogP contribution in [0.2, 0.25) is 0 Å². The van der Waals surface area contributed by atoms with Crippen LogP contribution in [0.25, 0.3) is 64.4 Å². The number of hydrogen-bond donors (Lipinski definition) is 0. The maximum absolute atomic E-state index is 6.41. The lowest BCUT2D eigenvalue weighted by Gasteiger charge is -2.21. The average molecular weight is 617 g/mol. The molecule has 0 bridgehead atoms. The number of aromatic nitrogens is 4. The minimum atomic E-state index is 0.589. The Labute approximate surface area is 255 Å². The van der Waals surface area contributed by atoms with Crippen molar-refractivity contribution in [1.29, 1.82) is 0 Å². The maximum atomic E-state index is 6.41. The second-order valence-corrected chi connectivity index (χ2v) is 13.3. The molecule has 42 heavy (non-hydrogen) atoms. The van der Waals surface area contributed by atoms with Gasteiger partial charge < -0.3 is 9.47 Å². The van der Waals surface area contributed by atoms with Gasteiger partial charge in [0, 0.05) is 24.3 Å². The highest BCUT2D eigenvalue weighted by Gasteiger charge is 2.24. The standard InChI is InChI=1S/C32H16N4O2S4/c1-5-25(39-9-1)29-30(26-6-2-10-40-26)34-18-14-22-21(13-17(18)33-29)37-23-15-19-20(16-24(23)38-22)36-32(28-8-4-12-42-28)31(35-19)27-7-3-11-41-27/h1-16H. The Kier molecular flexibility index (Phi) is 5.48. The first kappa shape index (κ1) is 24.2. The van der Waals surface area contributed by atoms with Gasteiger partial charge in [-0.1, -0.05) is 24.3 Å². The molecule has 0 aliphatic carbocycles. The van der Waals surface area contributed by atoms with E-state index in [1.807, 2.05) is 48.5 Å². The van der Waals surface area contributed by atoms with Gasteiger partial charge in [-0.05, 0) is 45.8 Å². The number of thiophene rings is 4. The minimum Gasteiger partial charge on any atom is -0.449 e. The molecule has 0 fully saturated rings. The molecule has 10 heteroatoms. The number of ether oxygens (including phenoxy) is 2. The van der Waals surface area contributed by atoms with Gasteiger partial charge >= 0.3 is 0 Å². The molecule has 1 aliphatic heterocycles. The van der Waals surface area contributed by atoms with E-state index in [9.17, 15) is 0 Å². The Morgan fingerprint density at radius 2 is 0.643 bits per heavy atom. The number of benzene rings is 2. The Morgan fingerprint density at radius 3 is 0.857 bits per heavy atom. The normalized spacial score (nSPS) is 12.2. The van der Waals surface area contributed by atoms with Gasteiger partial charge in [-0.3, -0.25) is 0 Å². The third-order valence-electron chi connectivity index (χ3n) is 6.92. The molecule has 2 aromatic carbocycles. The van der Waals surface area contributed by atoms with Gasteiger partial charge in [0.25, 0.3) is 0 Å². The van der Waals surface area contributed by atoms with Crippen molar-refractivity contribution in [3.8, 4) is 65.3 Å². The molecule has 8 aromatic rings. The molecule has 0 unspecified atom stereocenters. The lowest BCUT2D eigenvalue weighted by molar-refractivity contribution is 0.361. The zero-order chi connectivity index (χ0) is 27.6. The predicted octanol–water partition coefficient (Wildman–Crippen LogP) is 10.4. The topological polar surface area (TPSA) is 70.0 Å². The van der Waals surface area contributed by atoms with Gasteiger partial charge in [0.15, 0.2) is 23.0 Å². The van der Waals surface area contributed by atoms with E-state index in [2.05, 4.69) is 45.8 Å². The lowest BCUT2D eigenvalue weighted by atomic mass is 10.1. The zero-order valence-electron chi connectivity index (χ0n) is 21.5. The molecule has 6 aromatic heterocycles. The van der Waals surface area contributed by atoms with Crippen LogP contribution in [-0.2, 0) is 0 Å². The van der Waals surface area contributed by atoms with Crippen molar-refractivity contribution < 1.29 is 9.47 Å². The van der Waals surface area contributed by atoms with Crippen molar-refractivity contribution in [2.24, 2.45) is 0 Å². The molecular formula is C32H16N4O2S4. The van der Waals surface area contributed by atoms with Crippen LogP contribution in [0.1, 0.15) is 0 Å². The van der Waals surface area contributed by atoms with Crippen molar-refractivity contribution in [3.63, 3.8) is 0 Å². The van der Waals surface area contributed by atoms with E-state index in [-0.39, 0.29) is 0 Å². The van der Waals surface area contributed by atoms with E-state index in [0.717, 1.165) is 64.4 Å². The largest absolute Gasteiger partial charge is 0.449 e. The van der Waals surface area contributed by atoms with Crippen LogP contribution in [0.5, 0.6) is 23.0 Å². The van der Waals surface area contributed by atoms with E-state index >= 15 is 0 Å². The fourth-order valence-corrected chi connectivity index (χ4v) is 7.88. The summed E-state index contributed by atoms with van der Waals surface area (Å²) in [5.41, 5.74) is 6.41. The van der Waals surface area contributed by atoms with Gasteiger partial charge in [-0.2, -0.15) is 0 Å². The molecule has 200 valence electrons. The summed E-state index contributed by atoms with van der Waals surface area (Å²) in [4.78, 5) is 24.5. The first-order chi connectivity index (χ1) is 20.8. The second-order valence-electron chi connectivity index (χ2n) is 9.53. The molecule has 0 saturated heterocycles. The highest BCUT2D eigenvalue weighted by Crippen LogP contribution is 2.49. The molecule has 9 rings (SSSR count). The van der Waals surface area contributed by atoms with Gasteiger partial charge in [0.05, 0.1) is 41.6 Å². The number of rotatable bonds is 4. The molecule has 0 N–H and O–H groups in total. The molecule has 0 amide bonds. The molecule has 6 nitrogen and oxygen atoms in total. The second kappa shape index (κ2) is 9.53. The predicted molar refractivity (Wildman–Crippen MR) is 172 cm³/mol. The van der Waals surface area contributed by atoms with Crippen molar-refractivity contribution in [2.75, 3.05) is 0 Å². The maximum Gasteiger partial charge on any atom is 0.172 e. The molecule has 1 aliphatic rings. The Hall–Kier alpha value is -4.48. The SMILES string of the molecule is c1csc(-c2nc3cc4c(cc3nc2-c2cccs2)Oc2cc3nc(-c5cccs5)c(-c5cccs5)nc3cc2O4)c1. The highest BCUT2D eigenvalue weighted by molar-refractivity contribution is 7.15. The van der Waals surface area contributed by atoms with Crippen molar-refractivity contribution in [2.45, 2.75) is 0 Å². The average Bonchev–Trinajstić information content (AvgIpc) is 3.84. The summed E-state index contributed by atoms with van der Waals surface area (Å²) in [6.07, 6.45) is 0. The zero-order valence-corrected chi connectivity index (χ0v) is 24.7. The lowest BCUT2D eigenvalue weighted by Crippen LogP contribution is -2.02. The summed E-state index contributed by atoms with van der Waals surface area (Å²) in [5, 5.41) is 8.22. The Balaban J connectivity index is 1.18. The molecule has 7 heterocycles. The fraction of sp³-hybridized carbons (Fsp3) is 0. The van der Waals surface area contributed by atoms with Gasteiger partial charge in [-0.15, -0.1) is 45.3 Å². The van der Waals surface area contributed by atoms with E-state index < -0.39 is 0 Å². The molecule has 0 radical (unpaired) electrons. The van der Waals surface area contributed by atoms with Crippen molar-refractivity contribution >= 4 is 67.4 Å². The summed E-state index contributed by atoms with van der Waals surface area (Å²) in [6, 6.07) is 24.1.